The normalized spacial score (nSPS) is 27.4. The fourth-order valence-corrected chi connectivity index (χ4v) is 2.79. The van der Waals surface area contributed by atoms with Gasteiger partial charge in [0.1, 0.15) is 0 Å². The van der Waals surface area contributed by atoms with Crippen LogP contribution in [-0.4, -0.2) is 33.7 Å². The van der Waals surface area contributed by atoms with E-state index in [4.69, 9.17) is 5.73 Å². The number of nitrogens with zero attached hydrogens (tertiary/aromatic N) is 3. The van der Waals surface area contributed by atoms with E-state index in [1.807, 2.05) is 27.2 Å². The minimum absolute atomic E-state index is 0.0126. The van der Waals surface area contributed by atoms with Crippen LogP contribution < -0.4 is 5.73 Å². The molecule has 0 aromatic carbocycles. The number of aryl methyl sites for hydroxylation is 1. The first-order valence-electron chi connectivity index (χ1n) is 6.42. The quantitative estimate of drug-likeness (QED) is 0.866. The standard InChI is InChI=1S/C13H22N4O/c1-13(6-4-5-11(13)14)12(18)16(2)8-10-7-15-17(3)9-10/h7,9,11H,4-6,8,14H2,1-3H3. The molecule has 2 rings (SSSR count). The number of amides is 1. The summed E-state index contributed by atoms with van der Waals surface area (Å²) in [6, 6.07) is -0.0126. The predicted molar refractivity (Wildman–Crippen MR) is 69.6 cm³/mol. The Hall–Kier alpha value is -1.36. The smallest absolute Gasteiger partial charge is 0.230 e. The van der Waals surface area contributed by atoms with E-state index in [2.05, 4.69) is 5.10 Å². The van der Waals surface area contributed by atoms with E-state index in [-0.39, 0.29) is 11.9 Å². The van der Waals surface area contributed by atoms with Crippen LogP contribution in [0.25, 0.3) is 0 Å². The summed E-state index contributed by atoms with van der Waals surface area (Å²) in [5, 5.41) is 4.11. The van der Waals surface area contributed by atoms with Gasteiger partial charge in [-0.25, -0.2) is 0 Å². The van der Waals surface area contributed by atoms with Crippen LogP contribution in [0, 0.1) is 5.41 Å². The molecular formula is C13H22N4O. The SMILES string of the molecule is CN(Cc1cnn(C)c1)C(=O)C1(C)CCCC1N. The highest BCUT2D eigenvalue weighted by Gasteiger charge is 2.44. The number of aromatic nitrogens is 2. The highest BCUT2D eigenvalue weighted by molar-refractivity contribution is 5.83. The van der Waals surface area contributed by atoms with Crippen LogP contribution in [0.5, 0.6) is 0 Å². The molecule has 1 aromatic rings. The topological polar surface area (TPSA) is 64.2 Å². The van der Waals surface area contributed by atoms with E-state index in [0.717, 1.165) is 24.8 Å². The average molecular weight is 250 g/mol. The summed E-state index contributed by atoms with van der Waals surface area (Å²) in [6.07, 6.45) is 6.61. The van der Waals surface area contributed by atoms with E-state index in [1.54, 1.807) is 15.8 Å². The monoisotopic (exact) mass is 250 g/mol. The molecule has 1 aromatic heterocycles. The van der Waals surface area contributed by atoms with Crippen LogP contribution in [-0.2, 0) is 18.4 Å². The second kappa shape index (κ2) is 4.72. The molecule has 1 saturated carbocycles. The van der Waals surface area contributed by atoms with Crippen molar-refractivity contribution < 1.29 is 4.79 Å². The van der Waals surface area contributed by atoms with Crippen molar-refractivity contribution in [2.24, 2.45) is 18.2 Å². The molecule has 0 radical (unpaired) electrons. The molecule has 0 aliphatic heterocycles. The molecule has 2 N–H and O–H groups in total. The fourth-order valence-electron chi connectivity index (χ4n) is 2.79. The van der Waals surface area contributed by atoms with Crippen molar-refractivity contribution in [2.45, 2.75) is 38.8 Å². The Labute approximate surface area is 108 Å². The molecule has 2 unspecified atom stereocenters. The zero-order valence-corrected chi connectivity index (χ0v) is 11.4. The lowest BCUT2D eigenvalue weighted by atomic mass is 9.83. The van der Waals surface area contributed by atoms with Gasteiger partial charge in [-0.2, -0.15) is 5.10 Å². The summed E-state index contributed by atoms with van der Waals surface area (Å²) in [5.74, 6) is 0.149. The van der Waals surface area contributed by atoms with Crippen molar-refractivity contribution in [2.75, 3.05) is 7.05 Å². The Morgan fingerprint density at radius 1 is 1.72 bits per heavy atom. The first-order valence-corrected chi connectivity index (χ1v) is 6.42. The summed E-state index contributed by atoms with van der Waals surface area (Å²) in [6.45, 7) is 2.59. The van der Waals surface area contributed by atoms with Crippen molar-refractivity contribution in [1.82, 2.24) is 14.7 Å². The van der Waals surface area contributed by atoms with E-state index in [9.17, 15) is 4.79 Å². The van der Waals surface area contributed by atoms with Gasteiger partial charge in [0.25, 0.3) is 0 Å². The van der Waals surface area contributed by atoms with Crippen LogP contribution in [0.1, 0.15) is 31.7 Å². The minimum Gasteiger partial charge on any atom is -0.341 e. The van der Waals surface area contributed by atoms with Gasteiger partial charge in [0.2, 0.25) is 5.91 Å². The molecule has 1 fully saturated rings. The summed E-state index contributed by atoms with van der Waals surface area (Å²) in [5.41, 5.74) is 6.74. The molecule has 1 heterocycles. The van der Waals surface area contributed by atoms with Crippen molar-refractivity contribution in [3.63, 3.8) is 0 Å². The summed E-state index contributed by atoms with van der Waals surface area (Å²) in [7, 11) is 3.71. The molecule has 1 aliphatic carbocycles. The van der Waals surface area contributed by atoms with Crippen LogP contribution in [0.2, 0.25) is 0 Å². The zero-order valence-electron chi connectivity index (χ0n) is 11.4. The molecule has 1 aliphatic rings. The molecule has 100 valence electrons. The molecule has 2 atom stereocenters. The van der Waals surface area contributed by atoms with Gasteiger partial charge < -0.3 is 10.6 Å². The van der Waals surface area contributed by atoms with E-state index in [0.29, 0.717) is 6.54 Å². The maximum atomic E-state index is 12.5. The first kappa shape index (κ1) is 13.1. The van der Waals surface area contributed by atoms with Crippen LogP contribution >= 0.6 is 0 Å². The molecule has 5 nitrogen and oxygen atoms in total. The van der Waals surface area contributed by atoms with Gasteiger partial charge in [-0.05, 0) is 19.8 Å². The van der Waals surface area contributed by atoms with E-state index in [1.165, 1.54) is 0 Å². The van der Waals surface area contributed by atoms with Crippen molar-refractivity contribution in [1.29, 1.82) is 0 Å². The van der Waals surface area contributed by atoms with Crippen LogP contribution in [0.4, 0.5) is 0 Å². The van der Waals surface area contributed by atoms with Crippen molar-refractivity contribution in [3.8, 4) is 0 Å². The molecule has 0 bridgehead atoms. The highest BCUT2D eigenvalue weighted by atomic mass is 16.2. The maximum Gasteiger partial charge on any atom is 0.230 e. The third kappa shape index (κ3) is 2.27. The lowest BCUT2D eigenvalue weighted by Gasteiger charge is -2.32. The predicted octanol–water partition coefficient (Wildman–Crippen LogP) is 0.896. The molecular weight excluding hydrogens is 228 g/mol. The Kier molecular flexibility index (Phi) is 3.43. The molecule has 0 saturated heterocycles. The van der Waals surface area contributed by atoms with E-state index < -0.39 is 5.41 Å². The van der Waals surface area contributed by atoms with Gasteiger partial charge in [-0.15, -0.1) is 0 Å². The van der Waals surface area contributed by atoms with Crippen LogP contribution in [0.15, 0.2) is 12.4 Å². The Bertz CT molecular complexity index is 442. The second-order valence-electron chi connectivity index (χ2n) is 5.60. The number of carbonyl (C=O) groups is 1. The Morgan fingerprint density at radius 2 is 2.44 bits per heavy atom. The average Bonchev–Trinajstić information content (AvgIpc) is 2.86. The zero-order chi connectivity index (χ0) is 13.3. The lowest BCUT2D eigenvalue weighted by Crippen LogP contribution is -2.47. The first-order chi connectivity index (χ1) is 8.43. The third-order valence-corrected chi connectivity index (χ3v) is 4.04. The Morgan fingerprint density at radius 3 is 2.94 bits per heavy atom. The minimum atomic E-state index is -0.392. The van der Waals surface area contributed by atoms with Crippen molar-refractivity contribution >= 4 is 5.91 Å². The number of hydrogen-bond acceptors (Lipinski definition) is 3. The molecule has 1 amide bonds. The van der Waals surface area contributed by atoms with Gasteiger partial charge in [-0.1, -0.05) is 6.42 Å². The molecule has 0 spiro atoms. The fraction of sp³-hybridized carbons (Fsp3) is 0.692. The van der Waals surface area contributed by atoms with Gasteiger partial charge in [0, 0.05) is 38.4 Å². The third-order valence-electron chi connectivity index (χ3n) is 4.04. The Balaban J connectivity index is 2.05. The number of hydrogen-bond donors (Lipinski definition) is 1. The molecule has 18 heavy (non-hydrogen) atoms. The van der Waals surface area contributed by atoms with Gasteiger partial charge in [0.15, 0.2) is 0 Å². The van der Waals surface area contributed by atoms with Crippen LogP contribution in [0.3, 0.4) is 0 Å². The largest absolute Gasteiger partial charge is 0.341 e. The van der Waals surface area contributed by atoms with Gasteiger partial charge in [-0.3, -0.25) is 9.48 Å². The van der Waals surface area contributed by atoms with Gasteiger partial charge >= 0.3 is 0 Å². The maximum absolute atomic E-state index is 12.5. The van der Waals surface area contributed by atoms with E-state index >= 15 is 0 Å². The van der Waals surface area contributed by atoms with Gasteiger partial charge in [0.05, 0.1) is 11.6 Å². The highest BCUT2D eigenvalue weighted by Crippen LogP contribution is 2.38. The summed E-state index contributed by atoms with van der Waals surface area (Å²) >= 11 is 0. The number of carbonyl (C=O) groups excluding carboxylic acids is 1. The summed E-state index contributed by atoms with van der Waals surface area (Å²) < 4.78 is 1.75. The van der Waals surface area contributed by atoms with Crippen molar-refractivity contribution in [3.05, 3.63) is 18.0 Å². The number of rotatable bonds is 3. The summed E-state index contributed by atoms with van der Waals surface area (Å²) in [4.78, 5) is 14.3. The second-order valence-corrected chi connectivity index (χ2v) is 5.60. The molecule has 5 heteroatoms. The number of nitrogens with two attached hydrogens (primary N) is 1. The lowest BCUT2D eigenvalue weighted by molar-refractivity contribution is -0.140.